The van der Waals surface area contributed by atoms with Gasteiger partial charge in [-0.15, -0.1) is 0 Å². The van der Waals surface area contributed by atoms with E-state index in [4.69, 9.17) is 16.3 Å². The summed E-state index contributed by atoms with van der Waals surface area (Å²) < 4.78 is 43.9. The molecule has 108 valence electrons. The van der Waals surface area contributed by atoms with Crippen molar-refractivity contribution in [2.45, 2.75) is 6.18 Å². The Morgan fingerprint density at radius 1 is 1.19 bits per heavy atom. The fourth-order valence-corrected chi connectivity index (χ4v) is 2.46. The Labute approximate surface area is 122 Å². The number of aromatic nitrogens is 2. The lowest BCUT2D eigenvalue weighted by Crippen LogP contribution is -2.08. The van der Waals surface area contributed by atoms with Crippen LogP contribution in [0, 0.1) is 0 Å². The lowest BCUT2D eigenvalue weighted by molar-refractivity contribution is -0.140. The zero-order chi connectivity index (χ0) is 15.2. The lowest BCUT2D eigenvalue weighted by Gasteiger charge is -2.12. The first-order valence-electron chi connectivity index (χ1n) is 5.91. The molecule has 0 N–H and O–H groups in total. The molecular weight excluding hydrogens is 305 g/mol. The van der Waals surface area contributed by atoms with E-state index in [0.29, 0.717) is 22.0 Å². The van der Waals surface area contributed by atoms with E-state index >= 15 is 0 Å². The molecule has 0 radical (unpaired) electrons. The maximum absolute atomic E-state index is 12.9. The van der Waals surface area contributed by atoms with Crippen LogP contribution >= 0.6 is 11.6 Å². The number of pyridine rings is 2. The van der Waals surface area contributed by atoms with E-state index < -0.39 is 11.9 Å². The summed E-state index contributed by atoms with van der Waals surface area (Å²) in [7, 11) is 1.42. The normalized spacial score (nSPS) is 12.0. The van der Waals surface area contributed by atoms with Crippen LogP contribution in [-0.2, 0) is 6.18 Å². The molecule has 0 aliphatic heterocycles. The molecule has 2 heterocycles. The number of methoxy groups -OCH3 is 1. The molecule has 0 saturated heterocycles. The topological polar surface area (TPSA) is 35.0 Å². The third kappa shape index (κ3) is 2.25. The smallest absolute Gasteiger partial charge is 0.433 e. The number of alkyl halides is 3. The zero-order valence-corrected chi connectivity index (χ0v) is 11.5. The molecule has 0 aliphatic rings. The van der Waals surface area contributed by atoms with Crippen molar-refractivity contribution >= 4 is 33.4 Å². The van der Waals surface area contributed by atoms with Crippen molar-refractivity contribution in [3.05, 3.63) is 41.2 Å². The van der Waals surface area contributed by atoms with Gasteiger partial charge in [0.05, 0.1) is 23.0 Å². The van der Waals surface area contributed by atoms with E-state index in [1.165, 1.54) is 13.3 Å². The summed E-state index contributed by atoms with van der Waals surface area (Å²) in [6, 6.07) is 5.87. The Morgan fingerprint density at radius 3 is 2.62 bits per heavy atom. The second-order valence-electron chi connectivity index (χ2n) is 4.36. The van der Waals surface area contributed by atoms with Crippen LogP contribution in [0.2, 0.25) is 5.02 Å². The van der Waals surface area contributed by atoms with E-state index in [-0.39, 0.29) is 10.5 Å². The number of ether oxygens (including phenoxy) is 1. The SMILES string of the molecule is COc1cc2cccnc2c2nc(C(F)(F)F)cc(Cl)c12. The molecule has 0 fully saturated rings. The van der Waals surface area contributed by atoms with Crippen LogP contribution in [0.25, 0.3) is 21.8 Å². The molecule has 0 spiro atoms. The number of rotatable bonds is 1. The number of fused-ring (bicyclic) bond motifs is 3. The summed E-state index contributed by atoms with van der Waals surface area (Å²) in [4.78, 5) is 7.80. The van der Waals surface area contributed by atoms with Gasteiger partial charge in [0, 0.05) is 11.6 Å². The first-order chi connectivity index (χ1) is 9.91. The second-order valence-corrected chi connectivity index (χ2v) is 4.77. The second kappa shape index (κ2) is 4.73. The predicted molar refractivity (Wildman–Crippen MR) is 73.6 cm³/mol. The van der Waals surface area contributed by atoms with Crippen LogP contribution in [-0.4, -0.2) is 17.1 Å². The number of halogens is 4. The number of benzene rings is 1. The fourth-order valence-electron chi connectivity index (χ4n) is 2.17. The minimum atomic E-state index is -4.58. The summed E-state index contributed by atoms with van der Waals surface area (Å²) >= 11 is 6.00. The highest BCUT2D eigenvalue weighted by atomic mass is 35.5. The van der Waals surface area contributed by atoms with Crippen molar-refractivity contribution in [1.82, 2.24) is 9.97 Å². The highest BCUT2D eigenvalue weighted by molar-refractivity contribution is 6.36. The van der Waals surface area contributed by atoms with Crippen LogP contribution < -0.4 is 4.74 Å². The summed E-state index contributed by atoms with van der Waals surface area (Å²) in [5.41, 5.74) is -0.633. The van der Waals surface area contributed by atoms with Crippen LogP contribution in [0.3, 0.4) is 0 Å². The Hall–Kier alpha value is -2.08. The molecule has 0 atom stereocenters. The van der Waals surface area contributed by atoms with Gasteiger partial charge in [0.15, 0.2) is 0 Å². The Morgan fingerprint density at radius 2 is 1.95 bits per heavy atom. The minimum absolute atomic E-state index is 0.0725. The van der Waals surface area contributed by atoms with E-state index in [0.717, 1.165) is 6.07 Å². The van der Waals surface area contributed by atoms with Gasteiger partial charge < -0.3 is 4.74 Å². The maximum Gasteiger partial charge on any atom is 0.433 e. The van der Waals surface area contributed by atoms with Gasteiger partial charge in [0.25, 0.3) is 0 Å². The van der Waals surface area contributed by atoms with Crippen LogP contribution in [0.5, 0.6) is 5.75 Å². The van der Waals surface area contributed by atoms with Crippen molar-refractivity contribution in [2.24, 2.45) is 0 Å². The monoisotopic (exact) mass is 312 g/mol. The molecular formula is C14H8ClF3N2O. The summed E-state index contributed by atoms with van der Waals surface area (Å²) in [5, 5.41) is 0.875. The van der Waals surface area contributed by atoms with Crippen LogP contribution in [0.4, 0.5) is 13.2 Å². The quantitative estimate of drug-likeness (QED) is 0.622. The average molecular weight is 313 g/mol. The van der Waals surface area contributed by atoms with Crippen molar-refractivity contribution in [1.29, 1.82) is 0 Å². The van der Waals surface area contributed by atoms with Crippen molar-refractivity contribution < 1.29 is 17.9 Å². The van der Waals surface area contributed by atoms with E-state index in [1.54, 1.807) is 18.2 Å². The van der Waals surface area contributed by atoms with Gasteiger partial charge in [-0.3, -0.25) is 4.98 Å². The molecule has 3 rings (SSSR count). The highest BCUT2D eigenvalue weighted by Crippen LogP contribution is 2.39. The minimum Gasteiger partial charge on any atom is -0.496 e. The number of hydrogen-bond acceptors (Lipinski definition) is 3. The fraction of sp³-hybridized carbons (Fsp3) is 0.143. The molecule has 0 aliphatic carbocycles. The first-order valence-corrected chi connectivity index (χ1v) is 6.29. The van der Waals surface area contributed by atoms with Gasteiger partial charge in [0.1, 0.15) is 17.0 Å². The van der Waals surface area contributed by atoms with E-state index in [9.17, 15) is 13.2 Å². The van der Waals surface area contributed by atoms with Gasteiger partial charge in [0.2, 0.25) is 0 Å². The lowest BCUT2D eigenvalue weighted by atomic mass is 10.1. The standard InChI is InChI=1S/C14H8ClF3N2O/c1-21-9-5-7-3-2-4-19-12(7)13-11(9)8(15)6-10(20-13)14(16,17)18/h2-6H,1H3. The molecule has 0 bridgehead atoms. The van der Waals surface area contributed by atoms with Gasteiger partial charge in [-0.25, -0.2) is 4.98 Å². The van der Waals surface area contributed by atoms with Crippen molar-refractivity contribution in [3.63, 3.8) is 0 Å². The molecule has 0 saturated carbocycles. The molecule has 21 heavy (non-hydrogen) atoms. The van der Waals surface area contributed by atoms with Gasteiger partial charge >= 0.3 is 6.18 Å². The maximum atomic E-state index is 12.9. The molecule has 0 amide bonds. The third-order valence-electron chi connectivity index (χ3n) is 3.08. The highest BCUT2D eigenvalue weighted by Gasteiger charge is 2.34. The predicted octanol–water partition coefficient (Wildman–Crippen LogP) is 4.46. The molecule has 3 nitrogen and oxygen atoms in total. The number of hydrogen-bond donors (Lipinski definition) is 0. The third-order valence-corrected chi connectivity index (χ3v) is 3.38. The Balaban J connectivity index is 2.52. The molecule has 2 aromatic heterocycles. The zero-order valence-electron chi connectivity index (χ0n) is 10.7. The van der Waals surface area contributed by atoms with Crippen molar-refractivity contribution in [2.75, 3.05) is 7.11 Å². The average Bonchev–Trinajstić information content (AvgIpc) is 2.45. The summed E-state index contributed by atoms with van der Waals surface area (Å²) in [6.07, 6.45) is -3.09. The van der Waals surface area contributed by atoms with E-state index in [1.807, 2.05) is 0 Å². The number of nitrogens with zero attached hydrogens (tertiary/aromatic N) is 2. The first kappa shape index (κ1) is 13.9. The van der Waals surface area contributed by atoms with Crippen LogP contribution in [0.1, 0.15) is 5.69 Å². The van der Waals surface area contributed by atoms with Crippen molar-refractivity contribution in [3.8, 4) is 5.75 Å². The van der Waals surface area contributed by atoms with E-state index in [2.05, 4.69) is 9.97 Å². The molecule has 3 aromatic rings. The Kier molecular flexibility index (Phi) is 3.13. The molecule has 0 unspecified atom stereocenters. The van der Waals surface area contributed by atoms with Gasteiger partial charge in [-0.2, -0.15) is 13.2 Å². The molecule has 7 heteroatoms. The van der Waals surface area contributed by atoms with Gasteiger partial charge in [-0.05, 0) is 18.2 Å². The van der Waals surface area contributed by atoms with Crippen LogP contribution in [0.15, 0.2) is 30.5 Å². The largest absolute Gasteiger partial charge is 0.496 e. The summed E-state index contributed by atoms with van der Waals surface area (Å²) in [6.45, 7) is 0. The molecule has 1 aromatic carbocycles. The Bertz CT molecular complexity index is 849. The summed E-state index contributed by atoms with van der Waals surface area (Å²) in [5.74, 6) is 0.358. The van der Waals surface area contributed by atoms with Gasteiger partial charge in [-0.1, -0.05) is 17.7 Å².